The van der Waals surface area contributed by atoms with Crippen LogP contribution in [0.2, 0.25) is 0 Å². The smallest absolute Gasteiger partial charge is 0.307 e. The van der Waals surface area contributed by atoms with Gasteiger partial charge < -0.3 is 15.4 Å². The summed E-state index contributed by atoms with van der Waals surface area (Å²) in [6.07, 6.45) is 2.06. The van der Waals surface area contributed by atoms with Gasteiger partial charge in [0.15, 0.2) is 0 Å². The Balaban J connectivity index is 0.00000225. The largest absolute Gasteiger partial charge is 0.469 e. The summed E-state index contributed by atoms with van der Waals surface area (Å²) in [5, 5.41) is 0. The summed E-state index contributed by atoms with van der Waals surface area (Å²) < 4.78 is 4.59. The third kappa shape index (κ3) is 3.64. The van der Waals surface area contributed by atoms with Crippen LogP contribution < -0.4 is 5.73 Å². The number of carbonyl (C=O) groups excluding carboxylic acids is 2. The first-order valence-corrected chi connectivity index (χ1v) is 5.19. The lowest BCUT2D eigenvalue weighted by Crippen LogP contribution is -2.45. The van der Waals surface area contributed by atoms with Crippen molar-refractivity contribution in [2.75, 3.05) is 13.7 Å². The first-order chi connectivity index (χ1) is 7.06. The Kier molecular flexibility index (Phi) is 6.36. The molecule has 1 rings (SSSR count). The molecule has 2 atom stereocenters. The maximum atomic E-state index is 11.7. The van der Waals surface area contributed by atoms with Gasteiger partial charge in [-0.1, -0.05) is 0 Å². The number of ether oxygens (including phenoxy) is 1. The highest BCUT2D eigenvalue weighted by atomic mass is 35.5. The quantitative estimate of drug-likeness (QED) is 0.732. The van der Waals surface area contributed by atoms with E-state index in [2.05, 4.69) is 4.74 Å². The van der Waals surface area contributed by atoms with Crippen molar-refractivity contribution in [2.45, 2.75) is 38.3 Å². The van der Waals surface area contributed by atoms with Crippen molar-refractivity contribution in [1.29, 1.82) is 0 Å². The van der Waals surface area contributed by atoms with E-state index in [0.717, 1.165) is 12.8 Å². The van der Waals surface area contributed by atoms with Crippen LogP contribution in [0.4, 0.5) is 0 Å². The van der Waals surface area contributed by atoms with Crippen molar-refractivity contribution < 1.29 is 14.3 Å². The molecule has 1 heterocycles. The molecule has 0 radical (unpaired) electrons. The highest BCUT2D eigenvalue weighted by Gasteiger charge is 2.31. The number of rotatable bonds is 3. The van der Waals surface area contributed by atoms with Gasteiger partial charge >= 0.3 is 5.97 Å². The van der Waals surface area contributed by atoms with E-state index >= 15 is 0 Å². The summed E-state index contributed by atoms with van der Waals surface area (Å²) in [7, 11) is 1.36. The Labute approximate surface area is 102 Å². The van der Waals surface area contributed by atoms with E-state index in [1.807, 2.05) is 0 Å². The van der Waals surface area contributed by atoms with Crippen molar-refractivity contribution in [2.24, 2.45) is 5.73 Å². The maximum Gasteiger partial charge on any atom is 0.307 e. The minimum atomic E-state index is -0.497. The summed E-state index contributed by atoms with van der Waals surface area (Å²) in [6.45, 7) is 2.36. The average molecular weight is 251 g/mol. The van der Waals surface area contributed by atoms with E-state index in [0.29, 0.717) is 6.54 Å². The second-order valence-electron chi connectivity index (χ2n) is 3.90. The number of hydrogen-bond donors (Lipinski definition) is 1. The molecule has 1 amide bonds. The molecule has 0 aromatic rings. The number of likely N-dealkylation sites (tertiary alicyclic amines) is 1. The molecular formula is C10H19ClN2O3. The average Bonchev–Trinajstić information content (AvgIpc) is 2.64. The minimum absolute atomic E-state index is 0. The molecule has 0 aliphatic carbocycles. The molecule has 0 aromatic carbocycles. The fourth-order valence-electron chi connectivity index (χ4n) is 1.88. The summed E-state index contributed by atoms with van der Waals surface area (Å²) in [5.74, 6) is -0.356. The summed E-state index contributed by atoms with van der Waals surface area (Å²) >= 11 is 0. The first kappa shape index (κ1) is 15.2. The van der Waals surface area contributed by atoms with Crippen molar-refractivity contribution >= 4 is 24.3 Å². The lowest BCUT2D eigenvalue weighted by atomic mass is 10.1. The lowest BCUT2D eigenvalue weighted by Gasteiger charge is -2.25. The standard InChI is InChI=1S/C10H18N2O3.ClH/c1-7(11)10(14)12-5-3-4-8(12)6-9(13)15-2;/h7-8H,3-6,11H2,1-2H3;1H. The van der Waals surface area contributed by atoms with E-state index in [1.54, 1.807) is 11.8 Å². The zero-order chi connectivity index (χ0) is 11.4. The van der Waals surface area contributed by atoms with Gasteiger partial charge in [0.25, 0.3) is 0 Å². The van der Waals surface area contributed by atoms with E-state index in [-0.39, 0.29) is 36.7 Å². The van der Waals surface area contributed by atoms with Crippen molar-refractivity contribution in [1.82, 2.24) is 4.90 Å². The third-order valence-electron chi connectivity index (χ3n) is 2.68. The monoisotopic (exact) mass is 250 g/mol. The minimum Gasteiger partial charge on any atom is -0.469 e. The number of methoxy groups -OCH3 is 1. The van der Waals surface area contributed by atoms with Crippen LogP contribution in [0.25, 0.3) is 0 Å². The predicted molar refractivity (Wildman–Crippen MR) is 62.3 cm³/mol. The molecule has 94 valence electrons. The van der Waals surface area contributed by atoms with Gasteiger partial charge in [0.05, 0.1) is 19.6 Å². The number of halogens is 1. The number of amides is 1. The van der Waals surface area contributed by atoms with Gasteiger partial charge in [-0.25, -0.2) is 0 Å². The van der Waals surface area contributed by atoms with Crippen LogP contribution in [0, 0.1) is 0 Å². The summed E-state index contributed by atoms with van der Waals surface area (Å²) in [6, 6.07) is -0.529. The zero-order valence-electron chi connectivity index (χ0n) is 9.64. The van der Waals surface area contributed by atoms with Gasteiger partial charge in [-0.05, 0) is 19.8 Å². The van der Waals surface area contributed by atoms with Gasteiger partial charge in [0.1, 0.15) is 0 Å². The van der Waals surface area contributed by atoms with Crippen molar-refractivity contribution in [3.8, 4) is 0 Å². The Morgan fingerprint density at radius 3 is 2.69 bits per heavy atom. The second-order valence-corrected chi connectivity index (χ2v) is 3.90. The van der Waals surface area contributed by atoms with Crippen molar-refractivity contribution in [3.63, 3.8) is 0 Å². The molecule has 1 aliphatic heterocycles. The molecule has 1 fully saturated rings. The van der Waals surface area contributed by atoms with Crippen molar-refractivity contribution in [3.05, 3.63) is 0 Å². The number of nitrogens with two attached hydrogens (primary N) is 1. The Hall–Kier alpha value is -0.810. The second kappa shape index (κ2) is 6.70. The molecular weight excluding hydrogens is 232 g/mol. The molecule has 2 N–H and O–H groups in total. The number of carbonyl (C=O) groups is 2. The van der Waals surface area contributed by atoms with E-state index in [9.17, 15) is 9.59 Å². The van der Waals surface area contributed by atoms with Crippen LogP contribution in [-0.2, 0) is 14.3 Å². The molecule has 0 spiro atoms. The molecule has 16 heavy (non-hydrogen) atoms. The van der Waals surface area contributed by atoms with Gasteiger partial charge in [0, 0.05) is 12.6 Å². The highest BCUT2D eigenvalue weighted by molar-refractivity contribution is 5.85. The van der Waals surface area contributed by atoms with E-state index in [4.69, 9.17) is 5.73 Å². The summed E-state index contributed by atoms with van der Waals surface area (Å²) in [4.78, 5) is 24.5. The normalized spacial score (nSPS) is 21.2. The molecule has 0 bridgehead atoms. The van der Waals surface area contributed by atoms with E-state index < -0.39 is 6.04 Å². The Morgan fingerprint density at radius 1 is 1.56 bits per heavy atom. The fraction of sp³-hybridized carbons (Fsp3) is 0.800. The first-order valence-electron chi connectivity index (χ1n) is 5.19. The van der Waals surface area contributed by atoms with Crippen LogP contribution >= 0.6 is 12.4 Å². The fourth-order valence-corrected chi connectivity index (χ4v) is 1.88. The molecule has 1 aliphatic rings. The van der Waals surface area contributed by atoms with Gasteiger partial charge in [0.2, 0.25) is 5.91 Å². The Morgan fingerprint density at radius 2 is 2.19 bits per heavy atom. The van der Waals surface area contributed by atoms with Crippen LogP contribution in [0.1, 0.15) is 26.2 Å². The maximum absolute atomic E-state index is 11.7. The van der Waals surface area contributed by atoms with Crippen LogP contribution in [-0.4, -0.2) is 42.5 Å². The van der Waals surface area contributed by atoms with E-state index in [1.165, 1.54) is 7.11 Å². The SMILES string of the molecule is COC(=O)CC1CCCN1C(=O)C(C)N.Cl. The van der Waals surface area contributed by atoms with Gasteiger partial charge in [-0.3, -0.25) is 9.59 Å². The number of esters is 1. The van der Waals surface area contributed by atoms with Gasteiger partial charge in [-0.2, -0.15) is 0 Å². The summed E-state index contributed by atoms with van der Waals surface area (Å²) in [5.41, 5.74) is 5.53. The molecule has 1 saturated heterocycles. The number of nitrogens with zero attached hydrogens (tertiary/aromatic N) is 1. The highest BCUT2D eigenvalue weighted by Crippen LogP contribution is 2.21. The molecule has 0 saturated carbocycles. The molecule has 2 unspecified atom stereocenters. The van der Waals surface area contributed by atoms with Crippen LogP contribution in [0.3, 0.4) is 0 Å². The third-order valence-corrected chi connectivity index (χ3v) is 2.68. The zero-order valence-corrected chi connectivity index (χ0v) is 10.5. The van der Waals surface area contributed by atoms with Crippen LogP contribution in [0.15, 0.2) is 0 Å². The molecule has 5 nitrogen and oxygen atoms in total. The van der Waals surface area contributed by atoms with Gasteiger partial charge in [-0.15, -0.1) is 12.4 Å². The molecule has 0 aromatic heterocycles. The Bertz CT molecular complexity index is 258. The molecule has 6 heteroatoms. The predicted octanol–water partition coefficient (Wildman–Crippen LogP) is 0.309. The topological polar surface area (TPSA) is 72.6 Å². The number of hydrogen-bond acceptors (Lipinski definition) is 4. The van der Waals surface area contributed by atoms with Crippen LogP contribution in [0.5, 0.6) is 0 Å². The lowest BCUT2D eigenvalue weighted by molar-refractivity contribution is -0.143.